The van der Waals surface area contributed by atoms with E-state index in [4.69, 9.17) is 9.47 Å². The average molecular weight is 360 g/mol. The van der Waals surface area contributed by atoms with Gasteiger partial charge in [0.25, 0.3) is 0 Å². The van der Waals surface area contributed by atoms with Crippen LogP contribution in [0.3, 0.4) is 0 Å². The van der Waals surface area contributed by atoms with Gasteiger partial charge in [0.2, 0.25) is 0 Å². The summed E-state index contributed by atoms with van der Waals surface area (Å²) in [6, 6.07) is 11.5. The minimum absolute atomic E-state index is 0.275. The largest absolute Gasteiger partial charge is 0.493 e. The van der Waals surface area contributed by atoms with E-state index in [-0.39, 0.29) is 17.3 Å². The molecule has 0 saturated carbocycles. The van der Waals surface area contributed by atoms with Crippen molar-refractivity contribution in [3.63, 3.8) is 0 Å². The van der Waals surface area contributed by atoms with Crippen molar-refractivity contribution in [1.82, 2.24) is 10.6 Å². The third-order valence-corrected chi connectivity index (χ3v) is 4.22. The van der Waals surface area contributed by atoms with Gasteiger partial charge in [-0.05, 0) is 35.4 Å². The van der Waals surface area contributed by atoms with E-state index in [2.05, 4.69) is 10.6 Å². The van der Waals surface area contributed by atoms with E-state index >= 15 is 0 Å². The summed E-state index contributed by atoms with van der Waals surface area (Å²) in [6.45, 7) is 4.85. The molecule has 2 rings (SSSR count). The van der Waals surface area contributed by atoms with E-state index in [0.29, 0.717) is 24.6 Å². The van der Waals surface area contributed by atoms with E-state index in [1.54, 1.807) is 26.4 Å². The van der Waals surface area contributed by atoms with Crippen LogP contribution in [0.4, 0.5) is 9.18 Å². The predicted molar refractivity (Wildman–Crippen MR) is 99.2 cm³/mol. The highest BCUT2D eigenvalue weighted by molar-refractivity contribution is 5.74. The Labute approximate surface area is 153 Å². The van der Waals surface area contributed by atoms with Gasteiger partial charge in [-0.2, -0.15) is 0 Å². The third-order valence-electron chi connectivity index (χ3n) is 4.22. The van der Waals surface area contributed by atoms with Gasteiger partial charge in [0, 0.05) is 18.5 Å². The molecule has 6 heteroatoms. The summed E-state index contributed by atoms with van der Waals surface area (Å²) in [6.07, 6.45) is 0. The fraction of sp³-hybridized carbons (Fsp3) is 0.350. The topological polar surface area (TPSA) is 59.6 Å². The molecule has 2 aromatic rings. The summed E-state index contributed by atoms with van der Waals surface area (Å²) >= 11 is 0. The number of rotatable bonds is 7. The van der Waals surface area contributed by atoms with Crippen molar-refractivity contribution in [3.05, 3.63) is 59.4 Å². The van der Waals surface area contributed by atoms with Crippen LogP contribution in [0.1, 0.15) is 25.0 Å². The standard InChI is InChI=1S/C20H25FN2O3/c1-20(2,15-7-10-17(25-3)18(11-15)26-4)13-23-19(24)22-12-14-5-8-16(21)9-6-14/h5-11H,12-13H2,1-4H3,(H2,22,23,24). The van der Waals surface area contributed by atoms with Crippen LogP contribution in [0, 0.1) is 5.82 Å². The van der Waals surface area contributed by atoms with Crippen LogP contribution in [0.2, 0.25) is 0 Å². The maximum atomic E-state index is 12.9. The lowest BCUT2D eigenvalue weighted by atomic mass is 9.84. The van der Waals surface area contributed by atoms with Gasteiger partial charge in [0.1, 0.15) is 5.82 Å². The molecule has 26 heavy (non-hydrogen) atoms. The first-order valence-electron chi connectivity index (χ1n) is 8.34. The number of hydrogen-bond acceptors (Lipinski definition) is 3. The highest BCUT2D eigenvalue weighted by Gasteiger charge is 2.23. The Morgan fingerprint density at radius 1 is 1.00 bits per heavy atom. The van der Waals surface area contributed by atoms with Gasteiger partial charge < -0.3 is 20.1 Å². The molecular formula is C20H25FN2O3. The Morgan fingerprint density at radius 3 is 2.27 bits per heavy atom. The molecule has 0 heterocycles. The monoisotopic (exact) mass is 360 g/mol. The van der Waals surface area contributed by atoms with Crippen LogP contribution >= 0.6 is 0 Å². The normalized spacial score (nSPS) is 11.0. The molecule has 0 radical (unpaired) electrons. The van der Waals surface area contributed by atoms with Crippen LogP contribution < -0.4 is 20.1 Å². The summed E-state index contributed by atoms with van der Waals surface area (Å²) in [4.78, 5) is 12.0. The summed E-state index contributed by atoms with van der Waals surface area (Å²) in [5, 5.41) is 5.64. The average Bonchev–Trinajstić information content (AvgIpc) is 2.65. The number of benzene rings is 2. The molecule has 0 aromatic heterocycles. The van der Waals surface area contributed by atoms with Crippen molar-refractivity contribution in [2.24, 2.45) is 0 Å². The van der Waals surface area contributed by atoms with E-state index in [1.807, 2.05) is 32.0 Å². The van der Waals surface area contributed by atoms with Gasteiger partial charge in [-0.25, -0.2) is 9.18 Å². The van der Waals surface area contributed by atoms with Crippen molar-refractivity contribution >= 4 is 6.03 Å². The first-order valence-corrected chi connectivity index (χ1v) is 8.34. The number of nitrogens with one attached hydrogen (secondary N) is 2. The van der Waals surface area contributed by atoms with Gasteiger partial charge in [0.15, 0.2) is 11.5 Å². The summed E-state index contributed by atoms with van der Waals surface area (Å²) < 4.78 is 23.5. The fourth-order valence-corrected chi connectivity index (χ4v) is 2.51. The molecule has 0 aliphatic rings. The summed E-state index contributed by atoms with van der Waals surface area (Å²) in [7, 11) is 3.19. The highest BCUT2D eigenvalue weighted by atomic mass is 19.1. The first-order chi connectivity index (χ1) is 12.4. The second-order valence-corrected chi connectivity index (χ2v) is 6.62. The van der Waals surface area contributed by atoms with Crippen molar-refractivity contribution in [2.45, 2.75) is 25.8 Å². The first kappa shape index (κ1) is 19.6. The molecule has 2 N–H and O–H groups in total. The zero-order valence-electron chi connectivity index (χ0n) is 15.6. The van der Waals surface area contributed by atoms with E-state index < -0.39 is 0 Å². The quantitative estimate of drug-likeness (QED) is 0.793. The van der Waals surface area contributed by atoms with E-state index in [1.165, 1.54) is 12.1 Å². The Bertz CT molecular complexity index is 745. The summed E-state index contributed by atoms with van der Waals surface area (Å²) in [5.74, 6) is 1.02. The SMILES string of the molecule is COc1ccc(C(C)(C)CNC(=O)NCc2ccc(F)cc2)cc1OC. The van der Waals surface area contributed by atoms with Gasteiger partial charge in [0.05, 0.1) is 14.2 Å². The molecule has 0 atom stereocenters. The molecule has 0 bridgehead atoms. The Kier molecular flexibility index (Phi) is 6.44. The number of halogens is 1. The molecule has 140 valence electrons. The van der Waals surface area contributed by atoms with E-state index in [9.17, 15) is 9.18 Å². The number of carbonyl (C=O) groups excluding carboxylic acids is 1. The predicted octanol–water partition coefficient (Wildman–Crippen LogP) is 3.62. The van der Waals surface area contributed by atoms with Crippen molar-refractivity contribution < 1.29 is 18.7 Å². The van der Waals surface area contributed by atoms with Gasteiger partial charge >= 0.3 is 6.03 Å². The highest BCUT2D eigenvalue weighted by Crippen LogP contribution is 2.32. The number of ether oxygens (including phenoxy) is 2. The van der Waals surface area contributed by atoms with E-state index in [0.717, 1.165) is 11.1 Å². The Morgan fingerprint density at radius 2 is 1.65 bits per heavy atom. The zero-order valence-corrected chi connectivity index (χ0v) is 15.6. The van der Waals surface area contributed by atoms with Gasteiger partial charge in [-0.15, -0.1) is 0 Å². The lowest BCUT2D eigenvalue weighted by Crippen LogP contribution is -2.42. The van der Waals surface area contributed by atoms with Crippen LogP contribution in [-0.4, -0.2) is 26.8 Å². The number of methoxy groups -OCH3 is 2. The van der Waals surface area contributed by atoms with Crippen LogP contribution in [0.5, 0.6) is 11.5 Å². The molecule has 2 aromatic carbocycles. The molecule has 0 spiro atoms. The molecule has 2 amide bonds. The maximum Gasteiger partial charge on any atom is 0.315 e. The zero-order chi connectivity index (χ0) is 19.2. The van der Waals surface area contributed by atoms with Crippen LogP contribution in [-0.2, 0) is 12.0 Å². The molecule has 5 nitrogen and oxygen atoms in total. The van der Waals surface area contributed by atoms with Crippen molar-refractivity contribution in [1.29, 1.82) is 0 Å². The van der Waals surface area contributed by atoms with Gasteiger partial charge in [-0.3, -0.25) is 0 Å². The fourth-order valence-electron chi connectivity index (χ4n) is 2.51. The number of amides is 2. The minimum atomic E-state index is -0.299. The molecule has 0 aliphatic heterocycles. The van der Waals surface area contributed by atoms with Crippen molar-refractivity contribution in [2.75, 3.05) is 20.8 Å². The maximum absolute atomic E-state index is 12.9. The lowest BCUT2D eigenvalue weighted by molar-refractivity contribution is 0.238. The van der Waals surface area contributed by atoms with Crippen LogP contribution in [0.25, 0.3) is 0 Å². The van der Waals surface area contributed by atoms with Crippen molar-refractivity contribution in [3.8, 4) is 11.5 Å². The number of carbonyl (C=O) groups is 1. The third kappa shape index (κ3) is 5.12. The second kappa shape index (κ2) is 8.56. The Hall–Kier alpha value is -2.76. The molecular weight excluding hydrogens is 335 g/mol. The Balaban J connectivity index is 1.92. The summed E-state index contributed by atoms with van der Waals surface area (Å²) in [5.41, 5.74) is 1.56. The smallest absolute Gasteiger partial charge is 0.315 e. The lowest BCUT2D eigenvalue weighted by Gasteiger charge is -2.26. The number of urea groups is 1. The molecule has 0 fully saturated rings. The molecule has 0 unspecified atom stereocenters. The number of hydrogen-bond donors (Lipinski definition) is 2. The second-order valence-electron chi connectivity index (χ2n) is 6.62. The van der Waals surface area contributed by atoms with Crippen LogP contribution in [0.15, 0.2) is 42.5 Å². The molecule has 0 saturated heterocycles. The van der Waals surface area contributed by atoms with Gasteiger partial charge in [-0.1, -0.05) is 32.0 Å². The minimum Gasteiger partial charge on any atom is -0.493 e. The molecule has 0 aliphatic carbocycles.